The minimum atomic E-state index is -3.65. The monoisotopic (exact) mass is 479 g/mol. The Balaban J connectivity index is 1.27. The van der Waals surface area contributed by atoms with E-state index in [9.17, 15) is 13.2 Å². The van der Waals surface area contributed by atoms with Crippen LogP contribution < -0.4 is 4.72 Å². The van der Waals surface area contributed by atoms with Crippen molar-refractivity contribution in [3.8, 4) is 0 Å². The number of rotatable bonds is 8. The summed E-state index contributed by atoms with van der Waals surface area (Å²) in [6.07, 6.45) is 4.77. The Bertz CT molecular complexity index is 1230. The van der Waals surface area contributed by atoms with Crippen molar-refractivity contribution in [3.63, 3.8) is 0 Å². The molecule has 2 aromatic carbocycles. The van der Waals surface area contributed by atoms with Crippen molar-refractivity contribution in [2.75, 3.05) is 26.2 Å². The third-order valence-corrected chi connectivity index (χ3v) is 7.38. The number of piperazine rings is 1. The number of carbonyl (C=O) groups is 1. The lowest BCUT2D eigenvalue weighted by atomic mass is 10.1. The molecule has 1 aromatic heterocycles. The van der Waals surface area contributed by atoms with Gasteiger partial charge < -0.3 is 9.32 Å². The van der Waals surface area contributed by atoms with Crippen molar-refractivity contribution in [3.05, 3.63) is 95.5 Å². The molecule has 0 radical (unpaired) electrons. The van der Waals surface area contributed by atoms with Crippen molar-refractivity contribution in [1.29, 1.82) is 0 Å². The molecule has 8 heteroatoms. The van der Waals surface area contributed by atoms with Crippen molar-refractivity contribution in [1.82, 2.24) is 14.5 Å². The summed E-state index contributed by atoms with van der Waals surface area (Å²) >= 11 is 0. The molecule has 7 nitrogen and oxygen atoms in total. The molecular formula is C26H29N3O4S. The van der Waals surface area contributed by atoms with E-state index < -0.39 is 10.0 Å². The number of furan rings is 1. The molecule has 1 aliphatic rings. The van der Waals surface area contributed by atoms with Gasteiger partial charge in [-0.05, 0) is 54.0 Å². The highest BCUT2D eigenvalue weighted by atomic mass is 32.2. The maximum absolute atomic E-state index is 12.6. The van der Waals surface area contributed by atoms with Crippen molar-refractivity contribution in [2.45, 2.75) is 24.9 Å². The summed E-state index contributed by atoms with van der Waals surface area (Å²) in [5.41, 5.74) is 3.37. The van der Waals surface area contributed by atoms with Gasteiger partial charge in [0.25, 0.3) is 0 Å². The van der Waals surface area contributed by atoms with Crippen LogP contribution in [0.2, 0.25) is 0 Å². The molecule has 0 saturated carbocycles. The molecule has 1 amide bonds. The second kappa shape index (κ2) is 10.8. The molecule has 0 bridgehead atoms. The van der Waals surface area contributed by atoms with E-state index >= 15 is 0 Å². The van der Waals surface area contributed by atoms with Gasteiger partial charge in [-0.15, -0.1) is 0 Å². The molecule has 0 aliphatic carbocycles. The Morgan fingerprint density at radius 3 is 2.41 bits per heavy atom. The average Bonchev–Trinajstić information content (AvgIpc) is 3.37. The van der Waals surface area contributed by atoms with E-state index in [-0.39, 0.29) is 17.3 Å². The van der Waals surface area contributed by atoms with Gasteiger partial charge in [-0.1, -0.05) is 36.4 Å². The third-order valence-electron chi connectivity index (χ3n) is 5.96. The number of benzene rings is 2. The summed E-state index contributed by atoms with van der Waals surface area (Å²) in [7, 11) is -3.65. The van der Waals surface area contributed by atoms with Gasteiger partial charge in [0.15, 0.2) is 0 Å². The number of hydrogen-bond acceptors (Lipinski definition) is 5. The molecular weight excluding hydrogens is 450 g/mol. The van der Waals surface area contributed by atoms with E-state index in [1.54, 1.807) is 36.4 Å². The lowest BCUT2D eigenvalue weighted by molar-refractivity contribution is -0.127. The lowest BCUT2D eigenvalue weighted by Crippen LogP contribution is -2.47. The molecule has 2 heterocycles. The largest absolute Gasteiger partial charge is 0.468 e. The van der Waals surface area contributed by atoms with Crippen LogP contribution in [0.3, 0.4) is 0 Å². The van der Waals surface area contributed by atoms with E-state index in [4.69, 9.17) is 4.42 Å². The highest BCUT2D eigenvalue weighted by Gasteiger charge is 2.20. The molecule has 0 atom stereocenters. The number of nitrogens with one attached hydrogen (secondary N) is 1. The predicted octanol–water partition coefficient (Wildman–Crippen LogP) is 3.42. The Kier molecular flexibility index (Phi) is 7.62. The fourth-order valence-corrected chi connectivity index (χ4v) is 4.84. The van der Waals surface area contributed by atoms with Gasteiger partial charge in [0, 0.05) is 38.8 Å². The van der Waals surface area contributed by atoms with Crippen molar-refractivity contribution < 1.29 is 17.6 Å². The number of sulfonamides is 1. The van der Waals surface area contributed by atoms with Crippen LogP contribution in [0.5, 0.6) is 0 Å². The third kappa shape index (κ3) is 6.22. The Hall–Kier alpha value is -3.20. The Labute approximate surface area is 200 Å². The highest BCUT2D eigenvalue weighted by Crippen LogP contribution is 2.15. The van der Waals surface area contributed by atoms with Crippen LogP contribution >= 0.6 is 0 Å². The summed E-state index contributed by atoms with van der Waals surface area (Å²) in [5.74, 6) is 0.505. The van der Waals surface area contributed by atoms with Crippen molar-refractivity contribution in [2.24, 2.45) is 0 Å². The van der Waals surface area contributed by atoms with Gasteiger partial charge in [0.1, 0.15) is 5.76 Å². The van der Waals surface area contributed by atoms with E-state index in [1.165, 1.54) is 29.5 Å². The summed E-state index contributed by atoms with van der Waals surface area (Å²) in [6.45, 7) is 6.16. The van der Waals surface area contributed by atoms with E-state index in [0.717, 1.165) is 25.2 Å². The average molecular weight is 480 g/mol. The molecule has 1 N–H and O–H groups in total. The molecule has 4 rings (SSSR count). The Morgan fingerprint density at radius 1 is 1.00 bits per heavy atom. The zero-order valence-electron chi connectivity index (χ0n) is 19.2. The SMILES string of the molecule is Cc1ccccc1CN1CCN(C(=O)C=Cc2ccc(S(=O)(=O)NCc3ccco3)cc2)CC1. The zero-order chi connectivity index (χ0) is 24.0. The first kappa shape index (κ1) is 23.9. The Morgan fingerprint density at radius 2 is 1.74 bits per heavy atom. The summed E-state index contributed by atoms with van der Waals surface area (Å²) in [6, 6.07) is 18.2. The summed E-state index contributed by atoms with van der Waals surface area (Å²) in [5, 5.41) is 0. The minimum absolute atomic E-state index is 0.0349. The van der Waals surface area contributed by atoms with E-state index in [0.29, 0.717) is 18.8 Å². The minimum Gasteiger partial charge on any atom is -0.468 e. The van der Waals surface area contributed by atoms with Crippen LogP contribution in [0.4, 0.5) is 0 Å². The molecule has 1 fully saturated rings. The molecule has 3 aromatic rings. The smallest absolute Gasteiger partial charge is 0.246 e. The van der Waals surface area contributed by atoms with E-state index in [2.05, 4.69) is 34.7 Å². The quantitative estimate of drug-likeness (QED) is 0.501. The topological polar surface area (TPSA) is 82.9 Å². The number of nitrogens with zero attached hydrogens (tertiary/aromatic N) is 2. The maximum Gasteiger partial charge on any atom is 0.246 e. The normalized spacial score (nSPS) is 15.1. The first-order valence-electron chi connectivity index (χ1n) is 11.3. The predicted molar refractivity (Wildman–Crippen MR) is 131 cm³/mol. The van der Waals surface area contributed by atoms with Crippen LogP contribution in [-0.2, 0) is 27.9 Å². The van der Waals surface area contributed by atoms with Gasteiger partial charge in [0.2, 0.25) is 15.9 Å². The number of hydrogen-bond donors (Lipinski definition) is 1. The van der Waals surface area contributed by atoms with Gasteiger partial charge in [-0.2, -0.15) is 0 Å². The molecule has 34 heavy (non-hydrogen) atoms. The number of amides is 1. The van der Waals surface area contributed by atoms with Gasteiger partial charge in [0.05, 0.1) is 17.7 Å². The second-order valence-corrected chi connectivity index (χ2v) is 10.1. The summed E-state index contributed by atoms with van der Waals surface area (Å²) in [4.78, 5) is 17.0. The van der Waals surface area contributed by atoms with Crippen LogP contribution in [0.15, 0.2) is 82.3 Å². The second-order valence-electron chi connectivity index (χ2n) is 8.33. The standard InChI is InChI=1S/C26H29N3O4S/c1-21-5-2-3-6-23(21)20-28-14-16-29(17-15-28)26(30)13-10-22-8-11-25(12-9-22)34(31,32)27-19-24-7-4-18-33-24/h2-13,18,27H,14-17,19-20H2,1H3. The number of aryl methyl sites for hydroxylation is 1. The van der Waals surface area contributed by atoms with Gasteiger partial charge in [-0.3, -0.25) is 9.69 Å². The summed E-state index contributed by atoms with van der Waals surface area (Å²) < 4.78 is 32.5. The molecule has 178 valence electrons. The van der Waals surface area contributed by atoms with Crippen LogP contribution in [0.25, 0.3) is 6.08 Å². The van der Waals surface area contributed by atoms with Gasteiger partial charge >= 0.3 is 0 Å². The number of carbonyl (C=O) groups excluding carboxylic acids is 1. The molecule has 0 unspecified atom stereocenters. The van der Waals surface area contributed by atoms with Gasteiger partial charge in [-0.25, -0.2) is 13.1 Å². The van der Waals surface area contributed by atoms with E-state index in [1.807, 2.05) is 11.0 Å². The fraction of sp³-hybridized carbons (Fsp3) is 0.269. The maximum atomic E-state index is 12.6. The van der Waals surface area contributed by atoms with Crippen LogP contribution in [-0.4, -0.2) is 50.3 Å². The molecule has 0 spiro atoms. The van der Waals surface area contributed by atoms with Crippen LogP contribution in [0.1, 0.15) is 22.5 Å². The van der Waals surface area contributed by atoms with Crippen molar-refractivity contribution >= 4 is 22.0 Å². The highest BCUT2D eigenvalue weighted by molar-refractivity contribution is 7.89. The fourth-order valence-electron chi connectivity index (χ4n) is 3.85. The molecule has 1 aliphatic heterocycles. The first-order valence-corrected chi connectivity index (χ1v) is 12.7. The zero-order valence-corrected chi connectivity index (χ0v) is 20.0. The van der Waals surface area contributed by atoms with Crippen LogP contribution in [0, 0.1) is 6.92 Å². The molecule has 1 saturated heterocycles. The lowest BCUT2D eigenvalue weighted by Gasteiger charge is -2.34. The first-order chi connectivity index (χ1) is 16.4.